The van der Waals surface area contributed by atoms with Crippen molar-refractivity contribution in [2.75, 3.05) is 18.5 Å². The van der Waals surface area contributed by atoms with Crippen LogP contribution in [0.5, 0.6) is 0 Å². The zero-order chi connectivity index (χ0) is 11.3. The number of hydrogen-bond donors (Lipinski definition) is 2. The Labute approximate surface area is 95.6 Å². The van der Waals surface area contributed by atoms with Crippen LogP contribution in [0.1, 0.15) is 32.9 Å². The molecule has 0 aliphatic heterocycles. The maximum Gasteiger partial charge on any atom is 0.182 e. The van der Waals surface area contributed by atoms with Crippen LogP contribution < -0.4 is 5.32 Å². The summed E-state index contributed by atoms with van der Waals surface area (Å²) in [6.45, 7) is 7.49. The smallest absolute Gasteiger partial charge is 0.182 e. The van der Waals surface area contributed by atoms with E-state index in [4.69, 9.17) is 5.11 Å². The Kier molecular flexibility index (Phi) is 4.54. The lowest BCUT2D eigenvalue weighted by Crippen LogP contribution is -2.24. The molecule has 0 radical (unpaired) electrons. The number of nitrogens with zero attached hydrogens (tertiary/aromatic N) is 1. The Bertz CT molecular complexity index is 297. The second-order valence-electron chi connectivity index (χ2n) is 4.49. The summed E-state index contributed by atoms with van der Waals surface area (Å²) in [7, 11) is 0. The van der Waals surface area contributed by atoms with Crippen LogP contribution in [0.4, 0.5) is 5.13 Å². The van der Waals surface area contributed by atoms with Crippen LogP contribution in [-0.2, 0) is 6.42 Å². The standard InChI is InChI=1S/C11H20N2OS/c1-4-9-7-15-10(13-9)12-8-11(2,3)5-6-14/h7,14H,4-6,8H2,1-3H3,(H,12,13). The van der Waals surface area contributed by atoms with Crippen molar-refractivity contribution in [3.8, 4) is 0 Å². The van der Waals surface area contributed by atoms with E-state index in [1.807, 2.05) is 0 Å². The zero-order valence-electron chi connectivity index (χ0n) is 9.71. The van der Waals surface area contributed by atoms with Gasteiger partial charge in [-0.15, -0.1) is 11.3 Å². The van der Waals surface area contributed by atoms with E-state index in [0.29, 0.717) is 0 Å². The van der Waals surface area contributed by atoms with Gasteiger partial charge in [0.15, 0.2) is 5.13 Å². The van der Waals surface area contributed by atoms with E-state index in [-0.39, 0.29) is 12.0 Å². The number of thiazole rings is 1. The first kappa shape index (κ1) is 12.5. The van der Waals surface area contributed by atoms with Crippen molar-refractivity contribution in [1.29, 1.82) is 0 Å². The van der Waals surface area contributed by atoms with Crippen LogP contribution in [-0.4, -0.2) is 23.2 Å². The van der Waals surface area contributed by atoms with Crippen molar-refractivity contribution < 1.29 is 5.11 Å². The van der Waals surface area contributed by atoms with Gasteiger partial charge in [0.2, 0.25) is 0 Å². The van der Waals surface area contributed by atoms with Crippen LogP contribution in [0.2, 0.25) is 0 Å². The lowest BCUT2D eigenvalue weighted by atomic mass is 9.90. The summed E-state index contributed by atoms with van der Waals surface area (Å²) in [5.41, 5.74) is 1.26. The summed E-state index contributed by atoms with van der Waals surface area (Å²) in [5.74, 6) is 0. The fraction of sp³-hybridized carbons (Fsp3) is 0.727. The third kappa shape index (κ3) is 4.18. The van der Waals surface area contributed by atoms with Gasteiger partial charge in [0.25, 0.3) is 0 Å². The molecule has 1 heterocycles. The molecule has 0 atom stereocenters. The molecule has 1 aromatic heterocycles. The van der Waals surface area contributed by atoms with Gasteiger partial charge in [-0.3, -0.25) is 0 Å². The molecule has 0 saturated carbocycles. The highest BCUT2D eigenvalue weighted by Crippen LogP contribution is 2.22. The summed E-state index contributed by atoms with van der Waals surface area (Å²) >= 11 is 1.65. The maximum absolute atomic E-state index is 8.90. The molecule has 1 aromatic rings. The fourth-order valence-electron chi connectivity index (χ4n) is 1.26. The molecule has 0 aliphatic rings. The van der Waals surface area contributed by atoms with E-state index >= 15 is 0 Å². The van der Waals surface area contributed by atoms with Gasteiger partial charge < -0.3 is 10.4 Å². The number of hydrogen-bond acceptors (Lipinski definition) is 4. The Hall–Kier alpha value is -0.610. The van der Waals surface area contributed by atoms with E-state index in [0.717, 1.165) is 30.2 Å². The molecule has 0 aromatic carbocycles. The lowest BCUT2D eigenvalue weighted by molar-refractivity contribution is 0.220. The predicted molar refractivity (Wildman–Crippen MR) is 65.5 cm³/mol. The number of aromatic nitrogens is 1. The second-order valence-corrected chi connectivity index (χ2v) is 5.35. The van der Waals surface area contributed by atoms with Crippen LogP contribution in [0, 0.1) is 5.41 Å². The minimum Gasteiger partial charge on any atom is -0.396 e. The molecule has 0 amide bonds. The van der Waals surface area contributed by atoms with E-state index in [9.17, 15) is 0 Å². The van der Waals surface area contributed by atoms with Crippen LogP contribution in [0.25, 0.3) is 0 Å². The van der Waals surface area contributed by atoms with Gasteiger partial charge in [0, 0.05) is 18.5 Å². The number of aryl methyl sites for hydroxylation is 1. The van der Waals surface area contributed by atoms with Gasteiger partial charge in [-0.1, -0.05) is 20.8 Å². The van der Waals surface area contributed by atoms with Crippen molar-refractivity contribution in [2.45, 2.75) is 33.6 Å². The van der Waals surface area contributed by atoms with E-state index in [2.05, 4.69) is 36.5 Å². The van der Waals surface area contributed by atoms with E-state index in [1.165, 1.54) is 0 Å². The number of aliphatic hydroxyl groups is 1. The van der Waals surface area contributed by atoms with Crippen LogP contribution in [0.3, 0.4) is 0 Å². The van der Waals surface area contributed by atoms with Gasteiger partial charge in [-0.05, 0) is 18.3 Å². The third-order valence-corrected chi connectivity index (χ3v) is 3.27. The Morgan fingerprint density at radius 2 is 2.27 bits per heavy atom. The van der Waals surface area contributed by atoms with Crippen molar-refractivity contribution >= 4 is 16.5 Å². The predicted octanol–water partition coefficient (Wildman–Crippen LogP) is 2.53. The molecule has 3 nitrogen and oxygen atoms in total. The number of rotatable bonds is 6. The van der Waals surface area contributed by atoms with Gasteiger partial charge in [0.05, 0.1) is 5.69 Å². The second kappa shape index (κ2) is 5.47. The van der Waals surface area contributed by atoms with E-state index in [1.54, 1.807) is 11.3 Å². The number of nitrogens with one attached hydrogen (secondary N) is 1. The van der Waals surface area contributed by atoms with Crippen molar-refractivity contribution in [3.05, 3.63) is 11.1 Å². The minimum atomic E-state index is 0.118. The SMILES string of the molecule is CCc1csc(NCC(C)(C)CCO)n1. The Balaban J connectivity index is 2.42. The van der Waals surface area contributed by atoms with E-state index < -0.39 is 0 Å². The first-order valence-electron chi connectivity index (χ1n) is 5.36. The average Bonchev–Trinajstić information content (AvgIpc) is 2.62. The quantitative estimate of drug-likeness (QED) is 0.786. The first-order chi connectivity index (χ1) is 7.07. The summed E-state index contributed by atoms with van der Waals surface area (Å²) in [6, 6.07) is 0. The minimum absolute atomic E-state index is 0.118. The van der Waals surface area contributed by atoms with Gasteiger partial charge in [-0.25, -0.2) is 4.98 Å². The van der Waals surface area contributed by atoms with Crippen molar-refractivity contribution in [3.63, 3.8) is 0 Å². The maximum atomic E-state index is 8.90. The number of anilines is 1. The van der Waals surface area contributed by atoms with Crippen LogP contribution in [0.15, 0.2) is 5.38 Å². The third-order valence-electron chi connectivity index (χ3n) is 2.42. The molecule has 15 heavy (non-hydrogen) atoms. The summed E-state index contributed by atoms with van der Waals surface area (Å²) < 4.78 is 0. The van der Waals surface area contributed by atoms with Crippen molar-refractivity contribution in [2.24, 2.45) is 5.41 Å². The molecule has 0 spiro atoms. The lowest BCUT2D eigenvalue weighted by Gasteiger charge is -2.23. The molecule has 0 bridgehead atoms. The highest BCUT2D eigenvalue weighted by Gasteiger charge is 2.17. The average molecular weight is 228 g/mol. The molecular weight excluding hydrogens is 208 g/mol. The zero-order valence-corrected chi connectivity index (χ0v) is 10.5. The highest BCUT2D eigenvalue weighted by molar-refractivity contribution is 7.13. The van der Waals surface area contributed by atoms with Gasteiger partial charge >= 0.3 is 0 Å². The molecule has 4 heteroatoms. The number of aliphatic hydroxyl groups excluding tert-OH is 1. The topological polar surface area (TPSA) is 45.1 Å². The van der Waals surface area contributed by atoms with Crippen LogP contribution >= 0.6 is 11.3 Å². The molecule has 0 fully saturated rings. The normalized spacial score (nSPS) is 11.7. The first-order valence-corrected chi connectivity index (χ1v) is 6.24. The molecule has 2 N–H and O–H groups in total. The Morgan fingerprint density at radius 3 is 2.80 bits per heavy atom. The largest absolute Gasteiger partial charge is 0.396 e. The van der Waals surface area contributed by atoms with Gasteiger partial charge in [-0.2, -0.15) is 0 Å². The summed E-state index contributed by atoms with van der Waals surface area (Å²) in [6.07, 6.45) is 1.80. The molecule has 0 saturated heterocycles. The molecule has 0 unspecified atom stereocenters. The molecule has 1 rings (SSSR count). The fourth-order valence-corrected chi connectivity index (χ4v) is 2.05. The molecule has 86 valence electrons. The monoisotopic (exact) mass is 228 g/mol. The van der Waals surface area contributed by atoms with Gasteiger partial charge in [0.1, 0.15) is 0 Å². The Morgan fingerprint density at radius 1 is 1.53 bits per heavy atom. The summed E-state index contributed by atoms with van der Waals surface area (Å²) in [5, 5.41) is 15.3. The highest BCUT2D eigenvalue weighted by atomic mass is 32.1. The van der Waals surface area contributed by atoms with Crippen molar-refractivity contribution in [1.82, 2.24) is 4.98 Å². The molecule has 0 aliphatic carbocycles. The molecular formula is C11H20N2OS. The summed E-state index contributed by atoms with van der Waals surface area (Å²) in [4.78, 5) is 4.44.